The summed E-state index contributed by atoms with van der Waals surface area (Å²) in [5, 5.41) is 20.7. The van der Waals surface area contributed by atoms with E-state index in [1.54, 1.807) is 0 Å². The number of rotatable bonds is 0. The van der Waals surface area contributed by atoms with E-state index in [0.717, 1.165) is 23.6 Å². The Morgan fingerprint density at radius 2 is 2.00 bits per heavy atom. The second-order valence-corrected chi connectivity index (χ2v) is 6.42. The number of aliphatic hydroxyl groups is 2. The number of fused-ring (bicyclic) bond motifs is 2. The SMILES string of the molecule is O[C@@H]1CN2Cc3cc4c(cc3[C@@]13C=C[C@H](O)C[C@H]23)OCO4. The Morgan fingerprint density at radius 3 is 2.86 bits per heavy atom. The van der Waals surface area contributed by atoms with Crippen molar-refractivity contribution < 1.29 is 19.7 Å². The quantitative estimate of drug-likeness (QED) is 0.682. The molecule has 1 unspecified atom stereocenters. The molecule has 110 valence electrons. The van der Waals surface area contributed by atoms with E-state index in [0.29, 0.717) is 13.0 Å². The third kappa shape index (κ3) is 1.36. The second kappa shape index (κ2) is 3.80. The predicted octanol–water partition coefficient (Wildman–Crippen LogP) is 0.533. The lowest BCUT2D eigenvalue weighted by atomic mass is 9.65. The summed E-state index contributed by atoms with van der Waals surface area (Å²) in [6.45, 7) is 1.69. The molecule has 5 nitrogen and oxygen atoms in total. The zero-order valence-corrected chi connectivity index (χ0v) is 11.5. The van der Waals surface area contributed by atoms with Gasteiger partial charge in [-0.15, -0.1) is 0 Å². The Balaban J connectivity index is 1.76. The molecule has 1 aromatic rings. The second-order valence-electron chi connectivity index (χ2n) is 6.42. The molecule has 2 bridgehead atoms. The van der Waals surface area contributed by atoms with Crippen molar-refractivity contribution in [3.05, 3.63) is 35.4 Å². The highest BCUT2D eigenvalue weighted by Gasteiger charge is 2.58. The van der Waals surface area contributed by atoms with Crippen LogP contribution in [0.2, 0.25) is 0 Å². The van der Waals surface area contributed by atoms with Gasteiger partial charge in [0.25, 0.3) is 0 Å². The fourth-order valence-corrected chi connectivity index (χ4v) is 4.53. The molecule has 4 aliphatic rings. The molecule has 0 aromatic heterocycles. The van der Waals surface area contributed by atoms with E-state index in [4.69, 9.17) is 9.47 Å². The van der Waals surface area contributed by atoms with Gasteiger partial charge in [0, 0.05) is 19.1 Å². The molecule has 0 radical (unpaired) electrons. The van der Waals surface area contributed by atoms with Gasteiger partial charge in [-0.05, 0) is 29.7 Å². The van der Waals surface area contributed by atoms with Crippen molar-refractivity contribution >= 4 is 0 Å². The lowest BCUT2D eigenvalue weighted by Gasteiger charge is -2.45. The maximum absolute atomic E-state index is 10.7. The maximum Gasteiger partial charge on any atom is 0.231 e. The van der Waals surface area contributed by atoms with E-state index < -0.39 is 17.6 Å². The topological polar surface area (TPSA) is 62.2 Å². The highest BCUT2D eigenvalue weighted by molar-refractivity contribution is 5.56. The first-order valence-electron chi connectivity index (χ1n) is 7.41. The summed E-state index contributed by atoms with van der Waals surface area (Å²) in [5.41, 5.74) is 1.89. The fourth-order valence-electron chi connectivity index (χ4n) is 4.53. The van der Waals surface area contributed by atoms with Crippen molar-refractivity contribution in [3.8, 4) is 11.5 Å². The van der Waals surface area contributed by atoms with E-state index >= 15 is 0 Å². The molecule has 2 N–H and O–H groups in total. The normalized spacial score (nSPS) is 41.8. The monoisotopic (exact) mass is 287 g/mol. The highest BCUT2D eigenvalue weighted by Crippen LogP contribution is 2.53. The van der Waals surface area contributed by atoms with Gasteiger partial charge in [0.1, 0.15) is 0 Å². The van der Waals surface area contributed by atoms with Gasteiger partial charge >= 0.3 is 0 Å². The molecule has 3 aliphatic heterocycles. The lowest BCUT2D eigenvalue weighted by Crippen LogP contribution is -2.52. The van der Waals surface area contributed by atoms with Crippen LogP contribution in [-0.4, -0.2) is 46.7 Å². The van der Waals surface area contributed by atoms with Gasteiger partial charge in [0.2, 0.25) is 6.79 Å². The third-order valence-electron chi connectivity index (χ3n) is 5.45. The minimum atomic E-state index is -0.451. The Morgan fingerprint density at radius 1 is 1.19 bits per heavy atom. The predicted molar refractivity (Wildman–Crippen MR) is 74.2 cm³/mol. The number of nitrogens with zero attached hydrogens (tertiary/aromatic N) is 1. The first-order chi connectivity index (χ1) is 10.2. The summed E-state index contributed by atoms with van der Waals surface area (Å²) >= 11 is 0. The van der Waals surface area contributed by atoms with Crippen LogP contribution in [0.4, 0.5) is 0 Å². The Labute approximate surface area is 122 Å². The standard InChI is InChI=1S/C16H17NO4/c18-10-1-2-16-11-5-13-12(20-8-21-13)3-9(11)6-17(7-15(16)19)14(16)4-10/h1-3,5,10,14-15,18-19H,4,6-8H2/t10-,14-,15+,16+/m0/s1. The van der Waals surface area contributed by atoms with Gasteiger partial charge < -0.3 is 19.7 Å². The molecular formula is C16H17NO4. The molecule has 0 spiro atoms. The zero-order chi connectivity index (χ0) is 14.2. The molecule has 0 amide bonds. The molecule has 1 saturated heterocycles. The molecule has 5 heteroatoms. The maximum atomic E-state index is 10.7. The van der Waals surface area contributed by atoms with Crippen molar-refractivity contribution in [1.82, 2.24) is 4.90 Å². The number of ether oxygens (including phenoxy) is 2. The van der Waals surface area contributed by atoms with E-state index in [1.807, 2.05) is 24.3 Å². The summed E-state index contributed by atoms with van der Waals surface area (Å²) in [7, 11) is 0. The summed E-state index contributed by atoms with van der Waals surface area (Å²) < 4.78 is 11.0. The van der Waals surface area contributed by atoms with Crippen LogP contribution in [0, 0.1) is 0 Å². The van der Waals surface area contributed by atoms with Gasteiger partial charge in [-0.25, -0.2) is 0 Å². The van der Waals surface area contributed by atoms with Crippen LogP contribution < -0.4 is 9.47 Å². The average Bonchev–Trinajstić information content (AvgIpc) is 2.99. The molecule has 5 rings (SSSR count). The number of hydrogen-bond donors (Lipinski definition) is 2. The largest absolute Gasteiger partial charge is 0.454 e. The summed E-state index contributed by atoms with van der Waals surface area (Å²) in [6.07, 6.45) is 3.63. The average molecular weight is 287 g/mol. The zero-order valence-electron chi connectivity index (χ0n) is 11.5. The molecule has 1 aliphatic carbocycles. The van der Waals surface area contributed by atoms with Crippen LogP contribution in [-0.2, 0) is 12.0 Å². The van der Waals surface area contributed by atoms with Crippen LogP contribution in [0.25, 0.3) is 0 Å². The van der Waals surface area contributed by atoms with Crippen molar-refractivity contribution in [2.24, 2.45) is 0 Å². The number of benzene rings is 1. The third-order valence-corrected chi connectivity index (χ3v) is 5.45. The van der Waals surface area contributed by atoms with Gasteiger partial charge in [0.15, 0.2) is 11.5 Å². The van der Waals surface area contributed by atoms with E-state index in [9.17, 15) is 10.2 Å². The van der Waals surface area contributed by atoms with E-state index in [1.165, 1.54) is 5.56 Å². The molecule has 1 aromatic carbocycles. The van der Waals surface area contributed by atoms with Crippen molar-refractivity contribution in [2.75, 3.05) is 13.3 Å². The highest BCUT2D eigenvalue weighted by atomic mass is 16.7. The van der Waals surface area contributed by atoms with Crippen LogP contribution in [0.5, 0.6) is 11.5 Å². The molecule has 21 heavy (non-hydrogen) atoms. The summed E-state index contributed by atoms with van der Waals surface area (Å²) in [5.74, 6) is 1.55. The molecule has 5 atom stereocenters. The smallest absolute Gasteiger partial charge is 0.231 e. The van der Waals surface area contributed by atoms with Gasteiger partial charge in [0.05, 0.1) is 17.6 Å². The first kappa shape index (κ1) is 12.0. The summed E-state index contributed by atoms with van der Waals surface area (Å²) in [4.78, 5) is 2.28. The molecule has 1 fully saturated rings. The van der Waals surface area contributed by atoms with Gasteiger partial charge in [-0.1, -0.05) is 12.2 Å². The van der Waals surface area contributed by atoms with Crippen LogP contribution in [0.1, 0.15) is 17.5 Å². The Kier molecular flexibility index (Phi) is 2.17. The summed E-state index contributed by atoms with van der Waals surface area (Å²) in [6, 6.07) is 4.22. The van der Waals surface area contributed by atoms with Gasteiger partial charge in [-0.2, -0.15) is 0 Å². The van der Waals surface area contributed by atoms with E-state index in [2.05, 4.69) is 4.90 Å². The van der Waals surface area contributed by atoms with Crippen molar-refractivity contribution in [1.29, 1.82) is 0 Å². The number of aliphatic hydroxyl groups excluding tert-OH is 2. The minimum absolute atomic E-state index is 0.153. The van der Waals surface area contributed by atoms with Crippen molar-refractivity contribution in [2.45, 2.75) is 36.6 Å². The van der Waals surface area contributed by atoms with Crippen LogP contribution in [0.3, 0.4) is 0 Å². The lowest BCUT2D eigenvalue weighted by molar-refractivity contribution is 0.0937. The molecule has 0 saturated carbocycles. The van der Waals surface area contributed by atoms with E-state index in [-0.39, 0.29) is 12.8 Å². The van der Waals surface area contributed by atoms with Gasteiger partial charge in [-0.3, -0.25) is 4.90 Å². The number of hydrogen-bond acceptors (Lipinski definition) is 5. The minimum Gasteiger partial charge on any atom is -0.454 e. The first-order valence-corrected chi connectivity index (χ1v) is 7.41. The van der Waals surface area contributed by atoms with Crippen LogP contribution in [0.15, 0.2) is 24.3 Å². The van der Waals surface area contributed by atoms with Crippen LogP contribution >= 0.6 is 0 Å². The fraction of sp³-hybridized carbons (Fsp3) is 0.500. The van der Waals surface area contributed by atoms with Crippen molar-refractivity contribution in [3.63, 3.8) is 0 Å². The molecular weight excluding hydrogens is 270 g/mol. The molecule has 3 heterocycles. The Bertz CT molecular complexity index is 658. The Hall–Kier alpha value is -1.56.